The lowest BCUT2D eigenvalue weighted by Gasteiger charge is -2.23. The predicted molar refractivity (Wildman–Crippen MR) is 217 cm³/mol. The first kappa shape index (κ1) is 30.7. The van der Waals surface area contributed by atoms with Gasteiger partial charge in [-0.2, -0.15) is 0 Å². The fourth-order valence-electron chi connectivity index (χ4n) is 7.82. The highest BCUT2D eigenvalue weighted by Crippen LogP contribution is 2.46. The number of benzene rings is 6. The van der Waals surface area contributed by atoms with Gasteiger partial charge in [-0.25, -0.2) is 4.98 Å². The molecule has 0 saturated carbocycles. The van der Waals surface area contributed by atoms with Gasteiger partial charge in [0.15, 0.2) is 0 Å². The summed E-state index contributed by atoms with van der Waals surface area (Å²) in [6, 6.07) is 64.5. The number of anilines is 4. The number of furan rings is 1. The van der Waals surface area contributed by atoms with Crippen molar-refractivity contribution in [1.82, 2.24) is 9.55 Å². The molecule has 1 aliphatic rings. The Bertz CT molecular complexity index is 2710. The molecule has 1 aliphatic heterocycles. The first-order chi connectivity index (χ1) is 26.3. The van der Waals surface area contributed by atoms with Gasteiger partial charge in [-0.05, 0) is 81.9 Å². The van der Waals surface area contributed by atoms with Gasteiger partial charge in [0, 0.05) is 34.4 Å². The lowest BCUT2D eigenvalue weighted by atomic mass is 9.85. The summed E-state index contributed by atoms with van der Waals surface area (Å²) in [6.45, 7) is 0.641. The van der Waals surface area contributed by atoms with Crippen molar-refractivity contribution in [2.75, 3.05) is 16.5 Å². The van der Waals surface area contributed by atoms with E-state index in [4.69, 9.17) is 9.40 Å². The van der Waals surface area contributed by atoms with Crippen LogP contribution in [0.15, 0.2) is 199 Å². The van der Waals surface area contributed by atoms with Crippen molar-refractivity contribution in [2.24, 2.45) is 0 Å². The van der Waals surface area contributed by atoms with Gasteiger partial charge < -0.3 is 9.32 Å². The Kier molecular flexibility index (Phi) is 7.47. The van der Waals surface area contributed by atoms with Gasteiger partial charge in [-0.3, -0.25) is 9.47 Å². The molecule has 0 fully saturated rings. The first-order valence-electron chi connectivity index (χ1n) is 17.9. The molecule has 0 spiro atoms. The van der Waals surface area contributed by atoms with Crippen molar-refractivity contribution >= 4 is 55.9 Å². The van der Waals surface area contributed by atoms with Crippen molar-refractivity contribution < 1.29 is 4.42 Å². The molecule has 0 bridgehead atoms. The summed E-state index contributed by atoms with van der Waals surface area (Å²) in [4.78, 5) is 9.37. The van der Waals surface area contributed by atoms with Crippen molar-refractivity contribution in [2.45, 2.75) is 0 Å². The maximum Gasteiger partial charge on any atom is 0.225 e. The molecule has 252 valence electrons. The summed E-state index contributed by atoms with van der Waals surface area (Å²) >= 11 is 0. The maximum atomic E-state index is 6.16. The van der Waals surface area contributed by atoms with Crippen LogP contribution in [0, 0.1) is 0 Å². The number of para-hydroxylation sites is 2. The number of nitrogens with zero attached hydrogens (tertiary/aromatic N) is 4. The van der Waals surface area contributed by atoms with Crippen LogP contribution in [0.2, 0.25) is 0 Å². The number of hydrogen-bond donors (Lipinski definition) is 0. The van der Waals surface area contributed by atoms with Crippen LogP contribution in [-0.2, 0) is 0 Å². The van der Waals surface area contributed by atoms with E-state index in [0.717, 1.165) is 73.2 Å². The number of fused-ring (bicyclic) bond motifs is 4. The maximum absolute atomic E-state index is 6.16. The summed E-state index contributed by atoms with van der Waals surface area (Å²) in [5.41, 5.74) is 12.3. The van der Waals surface area contributed by atoms with Crippen LogP contribution in [0.4, 0.5) is 22.9 Å². The van der Waals surface area contributed by atoms with Crippen LogP contribution >= 0.6 is 0 Å². The molecule has 0 amide bonds. The normalized spacial score (nSPS) is 12.4. The molecular formula is C48H34N4O. The van der Waals surface area contributed by atoms with E-state index in [-0.39, 0.29) is 0 Å². The average molecular weight is 683 g/mol. The Morgan fingerprint density at radius 3 is 1.85 bits per heavy atom. The number of pyridine rings is 1. The van der Waals surface area contributed by atoms with E-state index in [0.29, 0.717) is 6.67 Å². The molecule has 0 aliphatic carbocycles. The second-order valence-electron chi connectivity index (χ2n) is 13.2. The Morgan fingerprint density at radius 2 is 1.09 bits per heavy atom. The van der Waals surface area contributed by atoms with Crippen molar-refractivity contribution in [3.05, 3.63) is 217 Å². The molecule has 3 aromatic heterocycles. The second-order valence-corrected chi connectivity index (χ2v) is 13.2. The lowest BCUT2D eigenvalue weighted by Crippen LogP contribution is -2.24. The molecule has 0 unspecified atom stereocenters. The van der Waals surface area contributed by atoms with Crippen LogP contribution in [0.5, 0.6) is 0 Å². The van der Waals surface area contributed by atoms with E-state index in [2.05, 4.69) is 184 Å². The second kappa shape index (κ2) is 12.9. The molecule has 9 aromatic rings. The molecule has 0 N–H and O–H groups in total. The van der Waals surface area contributed by atoms with E-state index in [9.17, 15) is 0 Å². The highest BCUT2D eigenvalue weighted by atomic mass is 16.3. The third-order valence-electron chi connectivity index (χ3n) is 10.2. The minimum Gasteiger partial charge on any atom is -0.446 e. The van der Waals surface area contributed by atoms with Gasteiger partial charge in [0.25, 0.3) is 0 Å². The molecule has 0 atom stereocenters. The summed E-state index contributed by atoms with van der Waals surface area (Å²) in [7, 11) is 0. The molecule has 0 radical (unpaired) electrons. The monoisotopic (exact) mass is 682 g/mol. The molecule has 4 heterocycles. The topological polar surface area (TPSA) is 37.4 Å². The van der Waals surface area contributed by atoms with Gasteiger partial charge in [0.2, 0.25) is 5.88 Å². The quantitative estimate of drug-likeness (QED) is 0.157. The van der Waals surface area contributed by atoms with E-state index in [1.807, 2.05) is 18.3 Å². The number of hydrogen-bond acceptors (Lipinski definition) is 4. The zero-order valence-corrected chi connectivity index (χ0v) is 28.9. The van der Waals surface area contributed by atoms with Gasteiger partial charge in [-0.15, -0.1) is 0 Å². The summed E-state index contributed by atoms with van der Waals surface area (Å²) in [5, 5.41) is 2.39. The molecule has 6 aromatic carbocycles. The van der Waals surface area contributed by atoms with Gasteiger partial charge in [-0.1, -0.05) is 127 Å². The van der Waals surface area contributed by atoms with Gasteiger partial charge >= 0.3 is 0 Å². The third kappa shape index (κ3) is 5.29. The van der Waals surface area contributed by atoms with Crippen molar-refractivity contribution in [3.63, 3.8) is 0 Å². The summed E-state index contributed by atoms with van der Waals surface area (Å²) < 4.78 is 8.45. The first-order valence-corrected chi connectivity index (χ1v) is 17.9. The molecule has 0 saturated heterocycles. The smallest absolute Gasteiger partial charge is 0.225 e. The Morgan fingerprint density at radius 1 is 0.472 bits per heavy atom. The van der Waals surface area contributed by atoms with E-state index in [1.54, 1.807) is 6.26 Å². The fourth-order valence-corrected chi connectivity index (χ4v) is 7.82. The summed E-state index contributed by atoms with van der Waals surface area (Å²) in [5.74, 6) is 1.73. The van der Waals surface area contributed by atoms with E-state index >= 15 is 0 Å². The number of aromatic nitrogens is 2. The van der Waals surface area contributed by atoms with Gasteiger partial charge in [0.1, 0.15) is 18.2 Å². The molecule has 10 rings (SSSR count). The van der Waals surface area contributed by atoms with Crippen molar-refractivity contribution in [1.29, 1.82) is 0 Å². The molecule has 5 nitrogen and oxygen atoms in total. The van der Waals surface area contributed by atoms with Crippen LogP contribution in [0.25, 0.3) is 38.8 Å². The van der Waals surface area contributed by atoms with E-state index < -0.39 is 0 Å². The Hall–Kier alpha value is -7.11. The van der Waals surface area contributed by atoms with Crippen LogP contribution < -0.4 is 9.80 Å². The van der Waals surface area contributed by atoms with Gasteiger partial charge in [0.05, 0.1) is 17.3 Å². The SMILES string of the molecule is c1ccc(C(=C(c2cccc(N3CN(c4ccccc4)c4ccoc43)c2)c2ccc3c4ccccc4n(-c4ccccn4)c3c2)c2ccccc2)cc1. The lowest BCUT2D eigenvalue weighted by molar-refractivity contribution is 0.570. The Balaban J connectivity index is 1.22. The molecule has 53 heavy (non-hydrogen) atoms. The van der Waals surface area contributed by atoms with Crippen LogP contribution in [0.3, 0.4) is 0 Å². The predicted octanol–water partition coefficient (Wildman–Crippen LogP) is 12.0. The largest absolute Gasteiger partial charge is 0.446 e. The van der Waals surface area contributed by atoms with Crippen LogP contribution in [-0.4, -0.2) is 16.2 Å². The molecule has 5 heteroatoms. The average Bonchev–Trinajstić information content (AvgIpc) is 3.94. The summed E-state index contributed by atoms with van der Waals surface area (Å²) in [6.07, 6.45) is 3.64. The zero-order valence-electron chi connectivity index (χ0n) is 28.9. The minimum absolute atomic E-state index is 0.641. The molecular weight excluding hydrogens is 649 g/mol. The Labute approximate surface area is 307 Å². The standard InChI is InChI=1S/C48H34N4O/c1-4-15-34(16-5-1)46(35-17-6-2-7-18-35)47(37-26-27-41-40-23-10-11-24-42(40)52(44(41)32-37)45-25-12-13-29-49-45)36-19-14-22-39(31-36)51-33-50(38-20-8-3-9-21-38)43-28-30-53-48(43)51/h1-32H,33H2. The number of rotatable bonds is 7. The third-order valence-corrected chi connectivity index (χ3v) is 10.2. The van der Waals surface area contributed by atoms with Crippen molar-refractivity contribution in [3.8, 4) is 5.82 Å². The fraction of sp³-hybridized carbons (Fsp3) is 0.0208. The minimum atomic E-state index is 0.641. The highest BCUT2D eigenvalue weighted by Gasteiger charge is 2.31. The van der Waals surface area contributed by atoms with Crippen LogP contribution in [0.1, 0.15) is 22.3 Å². The van der Waals surface area contributed by atoms with E-state index in [1.165, 1.54) is 10.8 Å². The zero-order chi connectivity index (χ0) is 35.1. The highest BCUT2D eigenvalue weighted by molar-refractivity contribution is 6.12.